The molecule has 4 aliphatic rings. The maximum atomic E-state index is 6.18. The fourth-order valence-electron chi connectivity index (χ4n) is 4.37. The van der Waals surface area contributed by atoms with Gasteiger partial charge in [0, 0.05) is 18.4 Å². The van der Waals surface area contributed by atoms with E-state index in [9.17, 15) is 0 Å². The first-order valence-corrected chi connectivity index (χ1v) is 9.45. The van der Waals surface area contributed by atoms with Gasteiger partial charge < -0.3 is 10.1 Å². The van der Waals surface area contributed by atoms with Crippen molar-refractivity contribution in [2.75, 3.05) is 24.7 Å². The van der Waals surface area contributed by atoms with Gasteiger partial charge in [0.05, 0.1) is 5.60 Å². The van der Waals surface area contributed by atoms with Crippen molar-refractivity contribution in [3.63, 3.8) is 0 Å². The zero-order chi connectivity index (χ0) is 12.7. The summed E-state index contributed by atoms with van der Waals surface area (Å²) >= 11 is 2.10. The highest BCUT2D eigenvalue weighted by atomic mass is 32.2. The van der Waals surface area contributed by atoms with E-state index in [1.807, 2.05) is 0 Å². The molecule has 0 amide bonds. The van der Waals surface area contributed by atoms with Crippen molar-refractivity contribution < 1.29 is 4.74 Å². The van der Waals surface area contributed by atoms with E-state index in [0.717, 1.165) is 30.4 Å². The molecule has 4 rings (SSSR count). The van der Waals surface area contributed by atoms with Gasteiger partial charge in [-0.05, 0) is 75.0 Å². The molecule has 0 aromatic rings. The summed E-state index contributed by atoms with van der Waals surface area (Å²) in [4.78, 5) is 0. The predicted octanol–water partition coefficient (Wildman–Crippen LogP) is 3.07. The first-order chi connectivity index (χ1) is 9.35. The van der Waals surface area contributed by atoms with Crippen LogP contribution in [0.5, 0.6) is 0 Å². The zero-order valence-electron chi connectivity index (χ0n) is 11.9. The highest BCUT2D eigenvalue weighted by Crippen LogP contribution is 2.49. The number of thioether (sulfide) groups is 1. The van der Waals surface area contributed by atoms with E-state index in [1.54, 1.807) is 0 Å². The van der Waals surface area contributed by atoms with Gasteiger partial charge in [-0.25, -0.2) is 0 Å². The number of rotatable bonds is 4. The molecule has 2 aliphatic carbocycles. The Bertz CT molecular complexity index is 325. The summed E-state index contributed by atoms with van der Waals surface area (Å²) in [5.74, 6) is 5.55. The summed E-state index contributed by atoms with van der Waals surface area (Å²) in [7, 11) is 0. The summed E-state index contributed by atoms with van der Waals surface area (Å²) in [6, 6.07) is 0.883. The van der Waals surface area contributed by atoms with E-state index in [0.29, 0.717) is 0 Å². The fraction of sp³-hybridized carbons (Fsp3) is 1.00. The Hall–Kier alpha value is 0.270. The maximum Gasteiger partial charge on any atom is 0.0783 e. The van der Waals surface area contributed by atoms with Crippen molar-refractivity contribution in [2.45, 2.75) is 56.6 Å². The van der Waals surface area contributed by atoms with Crippen LogP contribution < -0.4 is 5.32 Å². The van der Waals surface area contributed by atoms with Crippen LogP contribution in [0.15, 0.2) is 0 Å². The van der Waals surface area contributed by atoms with Crippen molar-refractivity contribution in [3.05, 3.63) is 0 Å². The Labute approximate surface area is 121 Å². The molecule has 2 saturated heterocycles. The van der Waals surface area contributed by atoms with Gasteiger partial charge in [-0.3, -0.25) is 0 Å². The third kappa shape index (κ3) is 2.71. The Morgan fingerprint density at radius 1 is 1.16 bits per heavy atom. The molecule has 0 aromatic heterocycles. The molecule has 1 spiro atoms. The SMILES string of the molecule is C1CC(C2CCC2CNC2CC2)CC2(CCSC2)O1. The van der Waals surface area contributed by atoms with E-state index in [2.05, 4.69) is 17.1 Å². The molecule has 2 aliphatic heterocycles. The second-order valence-corrected chi connectivity index (χ2v) is 8.38. The van der Waals surface area contributed by atoms with Crippen LogP contribution in [0.3, 0.4) is 0 Å². The molecule has 0 bridgehead atoms. The summed E-state index contributed by atoms with van der Waals surface area (Å²) in [5.41, 5.74) is 0.289. The molecule has 19 heavy (non-hydrogen) atoms. The van der Waals surface area contributed by atoms with E-state index >= 15 is 0 Å². The van der Waals surface area contributed by atoms with Crippen LogP contribution in [0, 0.1) is 17.8 Å². The Morgan fingerprint density at radius 3 is 2.79 bits per heavy atom. The minimum atomic E-state index is 0.289. The minimum Gasteiger partial charge on any atom is -0.374 e. The van der Waals surface area contributed by atoms with Crippen molar-refractivity contribution in [3.8, 4) is 0 Å². The smallest absolute Gasteiger partial charge is 0.0783 e. The van der Waals surface area contributed by atoms with Gasteiger partial charge in [-0.15, -0.1) is 0 Å². The van der Waals surface area contributed by atoms with E-state index in [-0.39, 0.29) is 5.60 Å². The largest absolute Gasteiger partial charge is 0.374 e. The zero-order valence-corrected chi connectivity index (χ0v) is 12.7. The molecule has 4 unspecified atom stereocenters. The quantitative estimate of drug-likeness (QED) is 0.856. The van der Waals surface area contributed by atoms with Crippen LogP contribution in [-0.4, -0.2) is 36.3 Å². The van der Waals surface area contributed by atoms with Crippen LogP contribution in [-0.2, 0) is 4.74 Å². The van der Waals surface area contributed by atoms with Crippen molar-refractivity contribution >= 4 is 11.8 Å². The van der Waals surface area contributed by atoms with Gasteiger partial charge in [0.1, 0.15) is 0 Å². The highest BCUT2D eigenvalue weighted by molar-refractivity contribution is 7.99. The standard InChI is InChI=1S/C16H27NOS/c1-4-15(13(1)10-17-14-2-3-14)12-5-7-18-16(9-12)6-8-19-11-16/h12-15,17H,1-11H2. The molecule has 0 aromatic carbocycles. The maximum absolute atomic E-state index is 6.18. The lowest BCUT2D eigenvalue weighted by Crippen LogP contribution is -2.47. The number of ether oxygens (including phenoxy) is 1. The van der Waals surface area contributed by atoms with E-state index < -0.39 is 0 Å². The molecule has 108 valence electrons. The third-order valence-corrected chi connectivity index (χ3v) is 7.15. The highest BCUT2D eigenvalue weighted by Gasteiger charge is 2.46. The molecule has 2 nitrogen and oxygen atoms in total. The first kappa shape index (κ1) is 13.0. The van der Waals surface area contributed by atoms with Crippen LogP contribution >= 0.6 is 11.8 Å². The first-order valence-electron chi connectivity index (χ1n) is 8.30. The van der Waals surface area contributed by atoms with Gasteiger partial charge >= 0.3 is 0 Å². The average molecular weight is 281 g/mol. The fourth-order valence-corrected chi connectivity index (χ4v) is 5.75. The summed E-state index contributed by atoms with van der Waals surface area (Å²) in [5, 5.41) is 3.75. The third-order valence-electron chi connectivity index (χ3n) is 5.93. The van der Waals surface area contributed by atoms with E-state index in [1.165, 1.54) is 63.0 Å². The van der Waals surface area contributed by atoms with Crippen LogP contribution in [0.1, 0.15) is 44.9 Å². The lowest BCUT2D eigenvalue weighted by molar-refractivity contribution is -0.103. The van der Waals surface area contributed by atoms with Crippen molar-refractivity contribution in [1.29, 1.82) is 0 Å². The number of hydrogen-bond acceptors (Lipinski definition) is 3. The Kier molecular flexibility index (Phi) is 3.57. The van der Waals surface area contributed by atoms with Gasteiger partial charge in [-0.2, -0.15) is 11.8 Å². The molecular formula is C16H27NOS. The van der Waals surface area contributed by atoms with Crippen LogP contribution in [0.25, 0.3) is 0 Å². The monoisotopic (exact) mass is 281 g/mol. The lowest BCUT2D eigenvalue weighted by atomic mass is 9.63. The second-order valence-electron chi connectivity index (χ2n) is 7.27. The van der Waals surface area contributed by atoms with Gasteiger partial charge in [0.15, 0.2) is 0 Å². The molecule has 2 saturated carbocycles. The summed E-state index contributed by atoms with van der Waals surface area (Å²) in [6.45, 7) is 2.33. The lowest BCUT2D eigenvalue weighted by Gasteiger charge is -2.48. The average Bonchev–Trinajstić information content (AvgIpc) is 3.10. The minimum absolute atomic E-state index is 0.289. The second kappa shape index (κ2) is 5.23. The Balaban J connectivity index is 1.33. The summed E-state index contributed by atoms with van der Waals surface area (Å²) < 4.78 is 6.18. The normalized spacial score (nSPS) is 46.4. The molecule has 4 atom stereocenters. The number of nitrogens with one attached hydrogen (secondary N) is 1. The van der Waals surface area contributed by atoms with Crippen LogP contribution in [0.2, 0.25) is 0 Å². The Morgan fingerprint density at radius 2 is 2.11 bits per heavy atom. The van der Waals surface area contributed by atoms with E-state index in [4.69, 9.17) is 4.74 Å². The number of hydrogen-bond donors (Lipinski definition) is 1. The molecule has 1 N–H and O–H groups in total. The predicted molar refractivity (Wildman–Crippen MR) is 80.6 cm³/mol. The van der Waals surface area contributed by atoms with Crippen LogP contribution in [0.4, 0.5) is 0 Å². The molecule has 2 heterocycles. The molecule has 0 radical (unpaired) electrons. The topological polar surface area (TPSA) is 21.3 Å². The molecule has 3 heteroatoms. The van der Waals surface area contributed by atoms with Gasteiger partial charge in [0.2, 0.25) is 0 Å². The van der Waals surface area contributed by atoms with Crippen molar-refractivity contribution in [2.24, 2.45) is 17.8 Å². The van der Waals surface area contributed by atoms with Crippen molar-refractivity contribution in [1.82, 2.24) is 5.32 Å². The van der Waals surface area contributed by atoms with Gasteiger partial charge in [0.25, 0.3) is 0 Å². The summed E-state index contributed by atoms with van der Waals surface area (Å²) in [6.07, 6.45) is 9.83. The molecular weight excluding hydrogens is 254 g/mol. The molecule has 4 fully saturated rings. The van der Waals surface area contributed by atoms with Gasteiger partial charge in [-0.1, -0.05) is 0 Å².